The van der Waals surface area contributed by atoms with Crippen molar-refractivity contribution in [3.8, 4) is 5.75 Å². The van der Waals surface area contributed by atoms with Crippen LogP contribution in [0.2, 0.25) is 5.02 Å². The van der Waals surface area contributed by atoms with Gasteiger partial charge in [-0.15, -0.1) is 0 Å². The van der Waals surface area contributed by atoms with Crippen molar-refractivity contribution in [1.29, 1.82) is 0 Å². The fraction of sp³-hybridized carbons (Fsp3) is 0. The SMILES string of the molecule is O=C(O)c1ccc(N=Cc2cc(Br)cc(Cl)c2O)cc1. The maximum absolute atomic E-state index is 10.7. The second kappa shape index (κ2) is 6.07. The van der Waals surface area contributed by atoms with Gasteiger partial charge in [-0.3, -0.25) is 4.99 Å². The van der Waals surface area contributed by atoms with E-state index in [9.17, 15) is 9.90 Å². The fourth-order valence-corrected chi connectivity index (χ4v) is 2.35. The lowest BCUT2D eigenvalue weighted by Crippen LogP contribution is -1.94. The monoisotopic (exact) mass is 353 g/mol. The van der Waals surface area contributed by atoms with Crippen molar-refractivity contribution in [2.45, 2.75) is 0 Å². The van der Waals surface area contributed by atoms with Crippen LogP contribution in [0.4, 0.5) is 5.69 Å². The van der Waals surface area contributed by atoms with Gasteiger partial charge in [-0.1, -0.05) is 27.5 Å². The molecule has 0 saturated carbocycles. The van der Waals surface area contributed by atoms with Gasteiger partial charge in [-0.2, -0.15) is 0 Å². The fourth-order valence-electron chi connectivity index (χ4n) is 1.52. The summed E-state index contributed by atoms with van der Waals surface area (Å²) in [7, 11) is 0. The number of hydrogen-bond donors (Lipinski definition) is 2. The number of phenolic OH excluding ortho intramolecular Hbond substituents is 1. The molecule has 0 aliphatic carbocycles. The van der Waals surface area contributed by atoms with Crippen molar-refractivity contribution >= 4 is 45.4 Å². The number of aromatic carboxylic acids is 1. The highest BCUT2D eigenvalue weighted by Gasteiger charge is 2.06. The van der Waals surface area contributed by atoms with Crippen LogP contribution >= 0.6 is 27.5 Å². The van der Waals surface area contributed by atoms with Crippen molar-refractivity contribution in [3.05, 3.63) is 57.0 Å². The highest BCUT2D eigenvalue weighted by Crippen LogP contribution is 2.30. The number of nitrogens with zero attached hydrogens (tertiary/aromatic N) is 1. The molecule has 0 aliphatic rings. The normalized spacial score (nSPS) is 10.9. The van der Waals surface area contributed by atoms with E-state index in [1.54, 1.807) is 24.3 Å². The van der Waals surface area contributed by atoms with E-state index in [1.807, 2.05) is 0 Å². The minimum atomic E-state index is -0.989. The molecule has 0 bridgehead atoms. The lowest BCUT2D eigenvalue weighted by Gasteiger charge is -2.02. The van der Waals surface area contributed by atoms with Gasteiger partial charge in [0.2, 0.25) is 0 Å². The summed E-state index contributed by atoms with van der Waals surface area (Å²) in [5.74, 6) is -1.04. The largest absolute Gasteiger partial charge is 0.506 e. The molecular formula is C14H9BrClNO3. The highest BCUT2D eigenvalue weighted by molar-refractivity contribution is 9.10. The number of rotatable bonds is 3. The van der Waals surface area contributed by atoms with Gasteiger partial charge in [-0.25, -0.2) is 4.79 Å². The van der Waals surface area contributed by atoms with E-state index in [-0.39, 0.29) is 16.3 Å². The van der Waals surface area contributed by atoms with Crippen molar-refractivity contribution in [2.24, 2.45) is 4.99 Å². The Morgan fingerprint density at radius 3 is 2.50 bits per heavy atom. The third kappa shape index (κ3) is 3.37. The number of benzene rings is 2. The molecule has 0 heterocycles. The van der Waals surface area contributed by atoms with E-state index >= 15 is 0 Å². The maximum atomic E-state index is 10.7. The van der Waals surface area contributed by atoms with Crippen molar-refractivity contribution in [1.82, 2.24) is 0 Å². The van der Waals surface area contributed by atoms with E-state index < -0.39 is 5.97 Å². The molecule has 2 aromatic carbocycles. The summed E-state index contributed by atoms with van der Waals surface area (Å²) in [5.41, 5.74) is 1.23. The number of hydrogen-bond acceptors (Lipinski definition) is 3. The van der Waals surface area contributed by atoms with Crippen LogP contribution in [0.25, 0.3) is 0 Å². The zero-order valence-corrected chi connectivity index (χ0v) is 12.4. The third-order valence-electron chi connectivity index (χ3n) is 2.52. The Labute approximate surface area is 128 Å². The van der Waals surface area contributed by atoms with E-state index in [0.29, 0.717) is 11.3 Å². The smallest absolute Gasteiger partial charge is 0.335 e. The Kier molecular flexibility index (Phi) is 4.42. The van der Waals surface area contributed by atoms with E-state index in [1.165, 1.54) is 18.3 Å². The molecule has 0 radical (unpaired) electrons. The number of carboxylic acids is 1. The second-order valence-corrected chi connectivity index (χ2v) is 5.26. The van der Waals surface area contributed by atoms with Crippen molar-refractivity contribution < 1.29 is 15.0 Å². The summed E-state index contributed by atoms with van der Waals surface area (Å²) in [5, 5.41) is 18.8. The predicted octanol–water partition coefficient (Wildman–Crippen LogP) is 4.26. The van der Waals surface area contributed by atoms with Gasteiger partial charge in [0.25, 0.3) is 0 Å². The molecule has 6 heteroatoms. The quantitative estimate of drug-likeness (QED) is 0.809. The topological polar surface area (TPSA) is 69.9 Å². The maximum Gasteiger partial charge on any atom is 0.335 e. The molecule has 0 aromatic heterocycles. The second-order valence-electron chi connectivity index (χ2n) is 3.94. The van der Waals surface area contributed by atoms with Crippen LogP contribution in [0.3, 0.4) is 0 Å². The summed E-state index contributed by atoms with van der Waals surface area (Å²) < 4.78 is 0.725. The van der Waals surface area contributed by atoms with Crippen molar-refractivity contribution in [3.63, 3.8) is 0 Å². The van der Waals surface area contributed by atoms with Gasteiger partial charge in [-0.05, 0) is 36.4 Å². The first kappa shape index (κ1) is 14.6. The molecule has 102 valence electrons. The minimum absolute atomic E-state index is 0.0548. The molecule has 0 unspecified atom stereocenters. The molecule has 0 aliphatic heterocycles. The lowest BCUT2D eigenvalue weighted by atomic mass is 10.2. The number of aromatic hydroxyl groups is 1. The predicted molar refractivity (Wildman–Crippen MR) is 81.5 cm³/mol. The molecule has 2 rings (SSSR count). The first-order valence-electron chi connectivity index (χ1n) is 5.53. The molecule has 0 atom stereocenters. The number of phenols is 1. The van der Waals surface area contributed by atoms with Gasteiger partial charge in [0.1, 0.15) is 5.75 Å². The molecule has 0 fully saturated rings. The molecule has 0 saturated heterocycles. The summed E-state index contributed by atoms with van der Waals surface area (Å²) in [4.78, 5) is 14.9. The van der Waals surface area contributed by atoms with Crippen LogP contribution < -0.4 is 0 Å². The zero-order valence-electron chi connectivity index (χ0n) is 10.0. The third-order valence-corrected chi connectivity index (χ3v) is 3.27. The first-order valence-corrected chi connectivity index (χ1v) is 6.70. The molecule has 0 spiro atoms. The van der Waals surface area contributed by atoms with Crippen LogP contribution in [0.1, 0.15) is 15.9 Å². The summed E-state index contributed by atoms with van der Waals surface area (Å²) in [6, 6.07) is 9.34. The number of halogens is 2. The lowest BCUT2D eigenvalue weighted by molar-refractivity contribution is 0.0697. The summed E-state index contributed by atoms with van der Waals surface area (Å²) in [6.07, 6.45) is 1.46. The molecule has 2 N–H and O–H groups in total. The zero-order chi connectivity index (χ0) is 14.7. The van der Waals surface area contributed by atoms with Gasteiger partial charge in [0, 0.05) is 16.3 Å². The van der Waals surface area contributed by atoms with E-state index in [0.717, 1.165) is 4.47 Å². The van der Waals surface area contributed by atoms with E-state index in [4.69, 9.17) is 16.7 Å². The molecule has 20 heavy (non-hydrogen) atoms. The van der Waals surface area contributed by atoms with Crippen LogP contribution in [0.5, 0.6) is 5.75 Å². The average molecular weight is 355 g/mol. The van der Waals surface area contributed by atoms with Crippen LogP contribution in [0, 0.1) is 0 Å². The Morgan fingerprint density at radius 2 is 1.90 bits per heavy atom. The Hall–Kier alpha value is -1.85. The van der Waals surface area contributed by atoms with Gasteiger partial charge in [0.15, 0.2) is 0 Å². The Bertz CT molecular complexity index is 684. The van der Waals surface area contributed by atoms with Gasteiger partial charge in [0.05, 0.1) is 16.3 Å². The van der Waals surface area contributed by atoms with Gasteiger partial charge >= 0.3 is 5.97 Å². The standard InChI is InChI=1S/C14H9BrClNO3/c15-10-5-9(13(18)12(16)6-10)7-17-11-3-1-8(2-4-11)14(19)20/h1-7,18H,(H,19,20). The van der Waals surface area contributed by atoms with Crippen LogP contribution in [-0.2, 0) is 0 Å². The number of carbonyl (C=O) groups is 1. The Balaban J connectivity index is 2.27. The number of aliphatic imine (C=N–C) groups is 1. The van der Waals surface area contributed by atoms with Gasteiger partial charge < -0.3 is 10.2 Å². The average Bonchev–Trinajstić information content (AvgIpc) is 2.41. The van der Waals surface area contributed by atoms with E-state index in [2.05, 4.69) is 20.9 Å². The highest BCUT2D eigenvalue weighted by atomic mass is 79.9. The first-order chi connectivity index (χ1) is 9.47. The molecular weight excluding hydrogens is 346 g/mol. The van der Waals surface area contributed by atoms with Crippen LogP contribution in [0.15, 0.2) is 45.9 Å². The minimum Gasteiger partial charge on any atom is -0.506 e. The van der Waals surface area contributed by atoms with Crippen LogP contribution in [-0.4, -0.2) is 22.4 Å². The summed E-state index contributed by atoms with van der Waals surface area (Å²) >= 11 is 9.13. The Morgan fingerprint density at radius 1 is 1.25 bits per heavy atom. The summed E-state index contributed by atoms with van der Waals surface area (Å²) in [6.45, 7) is 0. The molecule has 2 aromatic rings. The number of carboxylic acid groups (broad SMARTS) is 1. The molecule has 4 nitrogen and oxygen atoms in total. The van der Waals surface area contributed by atoms with Crippen molar-refractivity contribution in [2.75, 3.05) is 0 Å². The molecule has 0 amide bonds.